The number of carboxylic acids is 1. The van der Waals surface area contributed by atoms with Crippen LogP contribution >= 0.6 is 0 Å². The first-order chi connectivity index (χ1) is 7.52. The fourth-order valence-corrected chi connectivity index (χ4v) is 1.65. The summed E-state index contributed by atoms with van der Waals surface area (Å²) in [7, 11) is 0. The predicted octanol–water partition coefficient (Wildman–Crippen LogP) is 2.26. The summed E-state index contributed by atoms with van der Waals surface area (Å²) in [6.07, 6.45) is -0.329. The van der Waals surface area contributed by atoms with Gasteiger partial charge in [0, 0.05) is 0 Å². The lowest BCUT2D eigenvalue weighted by Crippen LogP contribution is -2.26. The molecular formula is C13H18O3. The van der Waals surface area contributed by atoms with Gasteiger partial charge < -0.3 is 10.2 Å². The molecule has 0 radical (unpaired) electrons. The number of benzene rings is 1. The Kier molecular flexibility index (Phi) is 4.50. The average molecular weight is 222 g/mol. The Labute approximate surface area is 95.7 Å². The number of aliphatic carboxylic acids is 1. The molecule has 0 amide bonds. The Morgan fingerprint density at radius 2 is 1.81 bits per heavy atom. The van der Waals surface area contributed by atoms with Crippen LogP contribution in [0.5, 0.6) is 0 Å². The first-order valence-electron chi connectivity index (χ1n) is 5.48. The lowest BCUT2D eigenvalue weighted by Gasteiger charge is -2.19. The molecule has 2 N–H and O–H groups in total. The van der Waals surface area contributed by atoms with Crippen molar-refractivity contribution in [1.29, 1.82) is 0 Å². The number of carbonyl (C=O) groups is 1. The zero-order chi connectivity index (χ0) is 12.1. The maximum Gasteiger partial charge on any atom is 0.308 e. The van der Waals surface area contributed by atoms with Crippen molar-refractivity contribution < 1.29 is 15.0 Å². The van der Waals surface area contributed by atoms with Gasteiger partial charge in [-0.25, -0.2) is 0 Å². The van der Waals surface area contributed by atoms with Crippen LogP contribution in [0.25, 0.3) is 0 Å². The fraction of sp³-hybridized carbons (Fsp3) is 0.462. The topological polar surface area (TPSA) is 57.5 Å². The summed E-state index contributed by atoms with van der Waals surface area (Å²) in [6, 6.07) is 9.80. The SMILES string of the molecule is CC(CC(O)C(C)C(=O)O)c1ccccc1. The van der Waals surface area contributed by atoms with Crippen LogP contribution in [-0.4, -0.2) is 22.3 Å². The largest absolute Gasteiger partial charge is 0.481 e. The smallest absolute Gasteiger partial charge is 0.308 e. The van der Waals surface area contributed by atoms with E-state index in [1.165, 1.54) is 6.92 Å². The van der Waals surface area contributed by atoms with Crippen LogP contribution in [0.3, 0.4) is 0 Å². The second kappa shape index (κ2) is 5.66. The van der Waals surface area contributed by atoms with Gasteiger partial charge in [-0.2, -0.15) is 0 Å². The van der Waals surface area contributed by atoms with E-state index >= 15 is 0 Å². The van der Waals surface area contributed by atoms with E-state index in [-0.39, 0.29) is 5.92 Å². The summed E-state index contributed by atoms with van der Waals surface area (Å²) in [5, 5.41) is 18.5. The minimum absolute atomic E-state index is 0.165. The third-order valence-electron chi connectivity index (χ3n) is 2.93. The number of hydrogen-bond donors (Lipinski definition) is 2. The molecule has 3 nitrogen and oxygen atoms in total. The summed E-state index contributed by atoms with van der Waals surface area (Å²) in [4.78, 5) is 10.7. The lowest BCUT2D eigenvalue weighted by atomic mass is 9.90. The van der Waals surface area contributed by atoms with E-state index in [2.05, 4.69) is 0 Å². The molecule has 1 rings (SSSR count). The number of carboxylic acid groups (broad SMARTS) is 1. The normalized spacial score (nSPS) is 16.4. The standard InChI is InChI=1S/C13H18O3/c1-9(11-6-4-3-5-7-11)8-12(14)10(2)13(15)16/h3-7,9-10,12,14H,8H2,1-2H3,(H,15,16). The zero-order valence-electron chi connectivity index (χ0n) is 9.63. The molecule has 1 aromatic rings. The molecule has 1 aromatic carbocycles. The average Bonchev–Trinajstić information content (AvgIpc) is 2.28. The number of hydrogen-bond acceptors (Lipinski definition) is 2. The Hall–Kier alpha value is -1.35. The van der Waals surface area contributed by atoms with E-state index < -0.39 is 18.0 Å². The molecule has 3 atom stereocenters. The van der Waals surface area contributed by atoms with Gasteiger partial charge in [-0.05, 0) is 24.8 Å². The molecule has 0 aromatic heterocycles. The van der Waals surface area contributed by atoms with Gasteiger partial charge in [0.2, 0.25) is 0 Å². The molecule has 0 bridgehead atoms. The molecule has 0 aliphatic heterocycles. The maximum absolute atomic E-state index is 10.7. The molecule has 0 fully saturated rings. The third kappa shape index (κ3) is 3.35. The fourth-order valence-electron chi connectivity index (χ4n) is 1.65. The quantitative estimate of drug-likeness (QED) is 0.803. The van der Waals surface area contributed by atoms with Crippen molar-refractivity contribution in [3.8, 4) is 0 Å². The zero-order valence-corrected chi connectivity index (χ0v) is 9.63. The molecule has 0 aliphatic carbocycles. The van der Waals surface area contributed by atoms with Gasteiger partial charge in [-0.3, -0.25) is 4.79 Å². The van der Waals surface area contributed by atoms with Crippen molar-refractivity contribution >= 4 is 5.97 Å². The van der Waals surface area contributed by atoms with Gasteiger partial charge in [0.05, 0.1) is 12.0 Å². The number of aliphatic hydroxyl groups excluding tert-OH is 1. The van der Waals surface area contributed by atoms with Gasteiger partial charge in [-0.1, -0.05) is 37.3 Å². The molecule has 3 heteroatoms. The van der Waals surface area contributed by atoms with Crippen molar-refractivity contribution in [2.24, 2.45) is 5.92 Å². The highest BCUT2D eigenvalue weighted by atomic mass is 16.4. The molecule has 0 saturated carbocycles. The molecule has 16 heavy (non-hydrogen) atoms. The lowest BCUT2D eigenvalue weighted by molar-refractivity contribution is -0.145. The molecule has 0 aliphatic rings. The Balaban J connectivity index is 2.58. The van der Waals surface area contributed by atoms with Gasteiger partial charge in [0.25, 0.3) is 0 Å². The van der Waals surface area contributed by atoms with Crippen LogP contribution in [-0.2, 0) is 4.79 Å². The van der Waals surface area contributed by atoms with Crippen LogP contribution in [0.4, 0.5) is 0 Å². The Morgan fingerprint density at radius 1 is 1.25 bits per heavy atom. The Bertz CT molecular complexity index is 334. The first kappa shape index (κ1) is 12.7. The summed E-state index contributed by atoms with van der Waals surface area (Å²) in [5.74, 6) is -1.50. The summed E-state index contributed by atoms with van der Waals surface area (Å²) in [5.41, 5.74) is 1.12. The first-order valence-corrected chi connectivity index (χ1v) is 5.48. The summed E-state index contributed by atoms with van der Waals surface area (Å²) in [6.45, 7) is 3.53. The monoisotopic (exact) mass is 222 g/mol. The van der Waals surface area contributed by atoms with Gasteiger partial charge >= 0.3 is 5.97 Å². The van der Waals surface area contributed by atoms with Gasteiger partial charge in [-0.15, -0.1) is 0 Å². The van der Waals surface area contributed by atoms with Crippen LogP contribution in [0.15, 0.2) is 30.3 Å². The maximum atomic E-state index is 10.7. The predicted molar refractivity (Wildman–Crippen MR) is 62.3 cm³/mol. The summed E-state index contributed by atoms with van der Waals surface area (Å²) >= 11 is 0. The molecule has 0 heterocycles. The highest BCUT2D eigenvalue weighted by Gasteiger charge is 2.23. The van der Waals surface area contributed by atoms with E-state index in [9.17, 15) is 9.90 Å². The highest BCUT2D eigenvalue weighted by Crippen LogP contribution is 2.23. The van der Waals surface area contributed by atoms with E-state index in [1.807, 2.05) is 37.3 Å². The minimum atomic E-state index is -0.951. The summed E-state index contributed by atoms with van der Waals surface area (Å²) < 4.78 is 0. The number of aliphatic hydroxyl groups is 1. The second-order valence-corrected chi connectivity index (χ2v) is 4.24. The van der Waals surface area contributed by atoms with Gasteiger partial charge in [0.1, 0.15) is 0 Å². The Morgan fingerprint density at radius 3 is 2.31 bits per heavy atom. The van der Waals surface area contributed by atoms with Crippen molar-refractivity contribution in [1.82, 2.24) is 0 Å². The van der Waals surface area contributed by atoms with E-state index in [1.54, 1.807) is 0 Å². The third-order valence-corrected chi connectivity index (χ3v) is 2.93. The van der Waals surface area contributed by atoms with Crippen molar-refractivity contribution in [3.05, 3.63) is 35.9 Å². The second-order valence-electron chi connectivity index (χ2n) is 4.24. The van der Waals surface area contributed by atoms with Crippen molar-refractivity contribution in [2.45, 2.75) is 32.3 Å². The van der Waals surface area contributed by atoms with Crippen LogP contribution in [0, 0.1) is 5.92 Å². The highest BCUT2D eigenvalue weighted by molar-refractivity contribution is 5.70. The molecule has 3 unspecified atom stereocenters. The van der Waals surface area contributed by atoms with Crippen molar-refractivity contribution in [3.63, 3.8) is 0 Å². The van der Waals surface area contributed by atoms with Crippen molar-refractivity contribution in [2.75, 3.05) is 0 Å². The van der Waals surface area contributed by atoms with E-state index in [0.717, 1.165) is 5.56 Å². The van der Waals surface area contributed by atoms with E-state index in [0.29, 0.717) is 6.42 Å². The number of rotatable bonds is 5. The molecule has 0 saturated heterocycles. The van der Waals surface area contributed by atoms with E-state index in [4.69, 9.17) is 5.11 Å². The van der Waals surface area contributed by atoms with Crippen LogP contribution in [0.2, 0.25) is 0 Å². The van der Waals surface area contributed by atoms with Gasteiger partial charge in [0.15, 0.2) is 0 Å². The molecular weight excluding hydrogens is 204 g/mol. The van der Waals surface area contributed by atoms with Crippen LogP contribution in [0.1, 0.15) is 31.7 Å². The van der Waals surface area contributed by atoms with Crippen LogP contribution < -0.4 is 0 Å². The minimum Gasteiger partial charge on any atom is -0.481 e. The molecule has 0 spiro atoms. The molecule has 88 valence electrons.